The Hall–Kier alpha value is -2.05. The van der Waals surface area contributed by atoms with E-state index in [9.17, 15) is 5.11 Å². The number of aryl methyl sites for hydroxylation is 1. The van der Waals surface area contributed by atoms with Gasteiger partial charge in [-0.2, -0.15) is 0 Å². The summed E-state index contributed by atoms with van der Waals surface area (Å²) in [4.78, 5) is 7.37. The molecule has 140 valence electrons. The number of fused-ring (bicyclic) bond motifs is 2. The normalized spacial score (nSPS) is 19.5. The molecule has 6 nitrogen and oxygen atoms in total. The van der Waals surface area contributed by atoms with E-state index in [1.807, 2.05) is 24.5 Å². The number of nitrogens with zero attached hydrogens (tertiary/aromatic N) is 3. The molecule has 0 aliphatic carbocycles. The predicted octanol–water partition coefficient (Wildman–Crippen LogP) is 2.68. The first-order chi connectivity index (χ1) is 12.7. The minimum atomic E-state index is -0.0677. The summed E-state index contributed by atoms with van der Waals surface area (Å²) in [5.41, 5.74) is 3.63. The predicted molar refractivity (Wildman–Crippen MR) is 98.4 cm³/mol. The summed E-state index contributed by atoms with van der Waals surface area (Å²) in [6, 6.07) is 5.68. The van der Waals surface area contributed by atoms with Gasteiger partial charge in [0.05, 0.1) is 24.7 Å². The van der Waals surface area contributed by atoms with Crippen molar-refractivity contribution in [3.63, 3.8) is 0 Å². The van der Waals surface area contributed by atoms with Crippen LogP contribution < -0.4 is 4.74 Å². The first-order valence-electron chi connectivity index (χ1n) is 9.41. The molecule has 0 bridgehead atoms. The standard InChI is InChI=1S/C20H27N3O3/c1-3-22-14-21-19-16(22)6-9-23(20(19)7-10-26-11-8-20)13-15-4-5-18(25-2)17(24)12-15/h4-5,12,14,24H,3,6-11,13H2,1-2H3. The number of hydrogen-bond acceptors (Lipinski definition) is 5. The zero-order valence-electron chi connectivity index (χ0n) is 15.6. The molecule has 1 aromatic heterocycles. The smallest absolute Gasteiger partial charge is 0.160 e. The van der Waals surface area contributed by atoms with Crippen molar-refractivity contribution in [3.8, 4) is 11.5 Å². The van der Waals surface area contributed by atoms with Gasteiger partial charge in [0.15, 0.2) is 11.5 Å². The van der Waals surface area contributed by atoms with Gasteiger partial charge in [-0.1, -0.05) is 6.07 Å². The minimum absolute atomic E-state index is 0.0677. The Kier molecular flexibility index (Phi) is 4.63. The summed E-state index contributed by atoms with van der Waals surface area (Å²) in [5, 5.41) is 10.1. The summed E-state index contributed by atoms with van der Waals surface area (Å²) in [6.45, 7) is 6.44. The zero-order valence-corrected chi connectivity index (χ0v) is 15.6. The van der Waals surface area contributed by atoms with E-state index < -0.39 is 0 Å². The average Bonchev–Trinajstić information content (AvgIpc) is 3.09. The molecule has 0 saturated carbocycles. The maximum absolute atomic E-state index is 10.1. The maximum Gasteiger partial charge on any atom is 0.160 e. The van der Waals surface area contributed by atoms with E-state index in [-0.39, 0.29) is 11.3 Å². The number of methoxy groups -OCH3 is 1. The number of rotatable bonds is 4. The lowest BCUT2D eigenvalue weighted by Gasteiger charge is -2.48. The van der Waals surface area contributed by atoms with E-state index in [2.05, 4.69) is 16.4 Å². The lowest BCUT2D eigenvalue weighted by atomic mass is 9.80. The third kappa shape index (κ3) is 2.77. The maximum atomic E-state index is 10.1. The molecule has 1 N–H and O–H groups in total. The number of benzene rings is 1. The van der Waals surface area contributed by atoms with Crippen molar-refractivity contribution < 1.29 is 14.6 Å². The Morgan fingerprint density at radius 3 is 2.81 bits per heavy atom. The topological polar surface area (TPSA) is 59.8 Å². The van der Waals surface area contributed by atoms with E-state index in [1.165, 1.54) is 11.4 Å². The van der Waals surface area contributed by atoms with Crippen LogP contribution in [-0.4, -0.2) is 46.4 Å². The number of phenols is 1. The van der Waals surface area contributed by atoms with E-state index in [4.69, 9.17) is 14.5 Å². The molecule has 1 aromatic carbocycles. The molecular formula is C20H27N3O3. The highest BCUT2D eigenvalue weighted by Gasteiger charge is 2.46. The number of hydrogen-bond donors (Lipinski definition) is 1. The molecule has 0 atom stereocenters. The number of aromatic hydroxyl groups is 1. The molecule has 2 aromatic rings. The van der Waals surface area contributed by atoms with Crippen LogP contribution >= 0.6 is 0 Å². The molecule has 1 saturated heterocycles. The third-order valence-corrected chi connectivity index (χ3v) is 5.89. The van der Waals surface area contributed by atoms with Gasteiger partial charge in [-0.15, -0.1) is 0 Å². The highest BCUT2D eigenvalue weighted by Crippen LogP contribution is 2.43. The monoisotopic (exact) mass is 357 g/mol. The first kappa shape index (κ1) is 17.4. The molecule has 2 aliphatic rings. The van der Waals surface area contributed by atoms with Crippen LogP contribution in [0.25, 0.3) is 0 Å². The van der Waals surface area contributed by atoms with E-state index in [1.54, 1.807) is 7.11 Å². The first-order valence-corrected chi connectivity index (χ1v) is 9.41. The van der Waals surface area contributed by atoms with Crippen molar-refractivity contribution in [2.45, 2.75) is 44.8 Å². The summed E-state index contributed by atoms with van der Waals surface area (Å²) in [6.07, 6.45) is 4.92. The number of aromatic nitrogens is 2. The van der Waals surface area contributed by atoms with Gasteiger partial charge in [0.2, 0.25) is 0 Å². The quantitative estimate of drug-likeness (QED) is 0.912. The van der Waals surface area contributed by atoms with Crippen LogP contribution in [-0.2, 0) is 29.8 Å². The summed E-state index contributed by atoms with van der Waals surface area (Å²) >= 11 is 0. The van der Waals surface area contributed by atoms with Gasteiger partial charge in [0.1, 0.15) is 0 Å². The van der Waals surface area contributed by atoms with Gasteiger partial charge in [-0.05, 0) is 37.5 Å². The summed E-state index contributed by atoms with van der Waals surface area (Å²) in [5.74, 6) is 0.705. The second kappa shape index (κ2) is 6.93. The van der Waals surface area contributed by atoms with Crippen molar-refractivity contribution in [2.75, 3.05) is 26.9 Å². The Morgan fingerprint density at radius 2 is 2.12 bits per heavy atom. The Balaban J connectivity index is 1.68. The fourth-order valence-electron chi connectivity index (χ4n) is 4.48. The molecule has 0 amide bonds. The Morgan fingerprint density at radius 1 is 1.31 bits per heavy atom. The minimum Gasteiger partial charge on any atom is -0.504 e. The molecular weight excluding hydrogens is 330 g/mol. The number of imidazole rings is 1. The molecule has 2 aliphatic heterocycles. The second-order valence-corrected chi connectivity index (χ2v) is 7.15. The highest BCUT2D eigenvalue weighted by atomic mass is 16.5. The average molecular weight is 357 g/mol. The molecule has 26 heavy (non-hydrogen) atoms. The van der Waals surface area contributed by atoms with Crippen LogP contribution in [0, 0.1) is 0 Å². The summed E-state index contributed by atoms with van der Waals surface area (Å²) in [7, 11) is 1.57. The lowest BCUT2D eigenvalue weighted by molar-refractivity contribution is -0.0453. The molecule has 3 heterocycles. The SMILES string of the molecule is CCn1cnc2c1CCN(Cc1ccc(OC)c(O)c1)C21CCOCC1. The van der Waals surface area contributed by atoms with Crippen molar-refractivity contribution in [3.05, 3.63) is 41.5 Å². The van der Waals surface area contributed by atoms with Crippen LogP contribution in [0.3, 0.4) is 0 Å². The van der Waals surface area contributed by atoms with Crippen LogP contribution in [0.15, 0.2) is 24.5 Å². The van der Waals surface area contributed by atoms with E-state index in [0.717, 1.165) is 57.7 Å². The molecule has 1 fully saturated rings. The van der Waals surface area contributed by atoms with Gasteiger partial charge < -0.3 is 19.1 Å². The van der Waals surface area contributed by atoms with E-state index in [0.29, 0.717) is 5.75 Å². The zero-order chi connectivity index (χ0) is 18.1. The van der Waals surface area contributed by atoms with Crippen LogP contribution in [0.1, 0.15) is 36.7 Å². The molecule has 4 rings (SSSR count). The molecule has 0 unspecified atom stereocenters. The number of ether oxygens (including phenoxy) is 2. The second-order valence-electron chi connectivity index (χ2n) is 7.15. The van der Waals surface area contributed by atoms with Crippen molar-refractivity contribution in [2.24, 2.45) is 0 Å². The van der Waals surface area contributed by atoms with Gasteiger partial charge in [0.25, 0.3) is 0 Å². The van der Waals surface area contributed by atoms with Crippen molar-refractivity contribution in [1.82, 2.24) is 14.5 Å². The Labute approximate surface area is 154 Å². The third-order valence-electron chi connectivity index (χ3n) is 5.89. The summed E-state index contributed by atoms with van der Waals surface area (Å²) < 4.78 is 13.1. The van der Waals surface area contributed by atoms with E-state index >= 15 is 0 Å². The largest absolute Gasteiger partial charge is 0.504 e. The lowest BCUT2D eigenvalue weighted by Crippen LogP contribution is -2.53. The van der Waals surface area contributed by atoms with Crippen LogP contribution in [0.2, 0.25) is 0 Å². The van der Waals surface area contributed by atoms with Crippen molar-refractivity contribution >= 4 is 0 Å². The van der Waals surface area contributed by atoms with Gasteiger partial charge in [-0.25, -0.2) is 4.98 Å². The van der Waals surface area contributed by atoms with Gasteiger partial charge in [0, 0.05) is 45.0 Å². The molecule has 6 heteroatoms. The van der Waals surface area contributed by atoms with Crippen LogP contribution in [0.4, 0.5) is 0 Å². The molecule has 0 radical (unpaired) electrons. The Bertz CT molecular complexity index is 781. The molecule has 1 spiro atoms. The number of phenolic OH excluding ortho intramolecular Hbond substituents is 1. The fraction of sp³-hybridized carbons (Fsp3) is 0.550. The van der Waals surface area contributed by atoms with Gasteiger partial charge >= 0.3 is 0 Å². The fourth-order valence-corrected chi connectivity index (χ4v) is 4.48. The highest BCUT2D eigenvalue weighted by molar-refractivity contribution is 5.42. The van der Waals surface area contributed by atoms with Crippen molar-refractivity contribution in [1.29, 1.82) is 0 Å². The van der Waals surface area contributed by atoms with Gasteiger partial charge in [-0.3, -0.25) is 4.90 Å². The van der Waals surface area contributed by atoms with Crippen LogP contribution in [0.5, 0.6) is 11.5 Å².